The van der Waals surface area contributed by atoms with Crippen molar-refractivity contribution in [3.8, 4) is 5.75 Å². The van der Waals surface area contributed by atoms with Gasteiger partial charge in [-0.15, -0.1) is 0 Å². The van der Waals surface area contributed by atoms with E-state index in [0.29, 0.717) is 19.6 Å². The van der Waals surface area contributed by atoms with Gasteiger partial charge in [0, 0.05) is 35.7 Å². The topological polar surface area (TPSA) is 50.7 Å². The number of halogens is 1. The largest absolute Gasteiger partial charge is 0.493 e. The van der Waals surface area contributed by atoms with E-state index in [9.17, 15) is 5.11 Å². The van der Waals surface area contributed by atoms with Gasteiger partial charge in [0.2, 0.25) is 0 Å². The molecule has 2 aliphatic heterocycles. The fourth-order valence-corrected chi connectivity index (χ4v) is 3.40. The summed E-state index contributed by atoms with van der Waals surface area (Å²) in [6, 6.07) is 6.37. The van der Waals surface area contributed by atoms with Crippen molar-refractivity contribution in [1.29, 1.82) is 0 Å². The predicted octanol–water partition coefficient (Wildman–Crippen LogP) is 2.79. The lowest BCUT2D eigenvalue weighted by molar-refractivity contribution is -0.0278. The molecule has 21 heavy (non-hydrogen) atoms. The first-order chi connectivity index (χ1) is 10.1. The molecule has 4 nitrogen and oxygen atoms in total. The van der Waals surface area contributed by atoms with Crippen LogP contribution in [0.25, 0.3) is 0 Å². The maximum absolute atomic E-state index is 10.6. The van der Waals surface area contributed by atoms with Crippen LogP contribution in [0.4, 0.5) is 0 Å². The lowest BCUT2D eigenvalue weighted by atomic mass is 9.95. The van der Waals surface area contributed by atoms with E-state index in [2.05, 4.69) is 27.3 Å². The van der Waals surface area contributed by atoms with Crippen LogP contribution in [-0.4, -0.2) is 36.6 Å². The number of rotatable bonds is 3. The Morgan fingerprint density at radius 1 is 1.43 bits per heavy atom. The Hall–Kier alpha value is -0.620. The molecule has 0 radical (unpaired) electrons. The summed E-state index contributed by atoms with van der Waals surface area (Å²) in [6.45, 7) is 3.87. The van der Waals surface area contributed by atoms with Gasteiger partial charge in [0.25, 0.3) is 0 Å². The molecule has 3 unspecified atom stereocenters. The molecule has 0 bridgehead atoms. The number of ether oxygens (including phenoxy) is 2. The highest BCUT2D eigenvalue weighted by Crippen LogP contribution is 2.34. The van der Waals surface area contributed by atoms with Gasteiger partial charge in [0.1, 0.15) is 11.4 Å². The number of fused-ring (bicyclic) bond motifs is 1. The van der Waals surface area contributed by atoms with Crippen molar-refractivity contribution in [2.45, 2.75) is 43.9 Å². The first-order valence-electron chi connectivity index (χ1n) is 7.58. The van der Waals surface area contributed by atoms with Crippen LogP contribution >= 0.6 is 15.9 Å². The average molecular weight is 356 g/mol. The summed E-state index contributed by atoms with van der Waals surface area (Å²) in [6.07, 6.45) is 2.60. The minimum Gasteiger partial charge on any atom is -0.493 e. The zero-order valence-corrected chi connectivity index (χ0v) is 13.9. The molecule has 2 heterocycles. The Bertz CT molecular complexity index is 510. The maximum atomic E-state index is 10.6. The summed E-state index contributed by atoms with van der Waals surface area (Å²) in [5, 5.41) is 14.2. The van der Waals surface area contributed by atoms with Gasteiger partial charge in [-0.3, -0.25) is 0 Å². The number of hydrogen-bond acceptors (Lipinski definition) is 4. The van der Waals surface area contributed by atoms with Crippen molar-refractivity contribution < 1.29 is 14.6 Å². The molecule has 2 aliphatic rings. The second kappa shape index (κ2) is 6.24. The third-order valence-corrected chi connectivity index (χ3v) is 5.05. The zero-order chi connectivity index (χ0) is 14.9. The minimum absolute atomic E-state index is 0.114. The summed E-state index contributed by atoms with van der Waals surface area (Å²) in [5.74, 6) is 0.932. The first-order valence-corrected chi connectivity index (χ1v) is 8.37. The van der Waals surface area contributed by atoms with E-state index in [0.717, 1.165) is 29.7 Å². The summed E-state index contributed by atoms with van der Waals surface area (Å²) in [5.41, 5.74) is 0.411. The quantitative estimate of drug-likeness (QED) is 0.875. The van der Waals surface area contributed by atoms with Crippen LogP contribution in [0.1, 0.15) is 37.8 Å². The Labute approximate surface area is 134 Å². The summed E-state index contributed by atoms with van der Waals surface area (Å²) in [4.78, 5) is 0. The van der Waals surface area contributed by atoms with Gasteiger partial charge < -0.3 is 19.9 Å². The average Bonchev–Trinajstić information content (AvgIpc) is 2.68. The van der Waals surface area contributed by atoms with E-state index >= 15 is 0 Å². The highest BCUT2D eigenvalue weighted by atomic mass is 79.9. The molecule has 1 saturated heterocycles. The highest BCUT2D eigenvalue weighted by Gasteiger charge is 2.39. The molecule has 2 N–H and O–H groups in total. The molecular weight excluding hydrogens is 334 g/mol. The molecule has 0 aromatic heterocycles. The number of hydrogen-bond donors (Lipinski definition) is 2. The molecule has 116 valence electrons. The van der Waals surface area contributed by atoms with Gasteiger partial charge in [-0.1, -0.05) is 22.0 Å². The van der Waals surface area contributed by atoms with Gasteiger partial charge in [0.05, 0.1) is 12.7 Å². The minimum atomic E-state index is -0.761. The molecule has 5 heteroatoms. The summed E-state index contributed by atoms with van der Waals surface area (Å²) in [7, 11) is 0. The van der Waals surface area contributed by atoms with Crippen molar-refractivity contribution in [3.63, 3.8) is 0 Å². The summed E-state index contributed by atoms with van der Waals surface area (Å²) >= 11 is 3.49. The SMILES string of the molecule is CC1OCCC1(O)CNC1CCCOc2cc(Br)ccc21. The van der Waals surface area contributed by atoms with E-state index in [1.165, 1.54) is 5.56 Å². The second-order valence-corrected chi connectivity index (χ2v) is 6.89. The van der Waals surface area contributed by atoms with Crippen molar-refractivity contribution in [2.24, 2.45) is 0 Å². The van der Waals surface area contributed by atoms with Crippen LogP contribution in [0.3, 0.4) is 0 Å². The van der Waals surface area contributed by atoms with Crippen LogP contribution in [0.15, 0.2) is 22.7 Å². The summed E-state index contributed by atoms with van der Waals surface area (Å²) < 4.78 is 12.3. The standard InChI is InChI=1S/C16H22BrNO3/c1-11-16(19,6-8-20-11)10-18-14-3-2-7-21-15-9-12(17)4-5-13(14)15/h4-5,9,11,14,18-19H,2-3,6-8,10H2,1H3. The van der Waals surface area contributed by atoms with Crippen molar-refractivity contribution >= 4 is 15.9 Å². The molecule has 0 saturated carbocycles. The molecule has 3 atom stereocenters. The fourth-order valence-electron chi connectivity index (χ4n) is 3.06. The molecule has 1 fully saturated rings. The third-order valence-electron chi connectivity index (χ3n) is 4.56. The van der Waals surface area contributed by atoms with E-state index < -0.39 is 5.60 Å². The first kappa shape index (κ1) is 15.3. The van der Waals surface area contributed by atoms with Crippen LogP contribution in [-0.2, 0) is 4.74 Å². The zero-order valence-electron chi connectivity index (χ0n) is 12.3. The Kier molecular flexibility index (Phi) is 4.54. The molecule has 3 rings (SSSR count). The van der Waals surface area contributed by atoms with Crippen LogP contribution in [0, 0.1) is 0 Å². The van der Waals surface area contributed by atoms with Crippen LogP contribution in [0.2, 0.25) is 0 Å². The van der Waals surface area contributed by atoms with Crippen molar-refractivity contribution in [1.82, 2.24) is 5.32 Å². The van der Waals surface area contributed by atoms with Gasteiger partial charge in [-0.05, 0) is 31.9 Å². The van der Waals surface area contributed by atoms with Gasteiger partial charge in [-0.25, -0.2) is 0 Å². The van der Waals surface area contributed by atoms with E-state index in [1.807, 2.05) is 19.1 Å². The molecular formula is C16H22BrNO3. The molecule has 0 aliphatic carbocycles. The smallest absolute Gasteiger partial charge is 0.125 e. The van der Waals surface area contributed by atoms with Crippen LogP contribution < -0.4 is 10.1 Å². The lowest BCUT2D eigenvalue weighted by Gasteiger charge is -2.29. The van der Waals surface area contributed by atoms with E-state index in [-0.39, 0.29) is 12.1 Å². The van der Waals surface area contributed by atoms with Gasteiger partial charge in [-0.2, -0.15) is 0 Å². The normalized spacial score (nSPS) is 32.3. The number of aliphatic hydroxyl groups is 1. The van der Waals surface area contributed by atoms with Gasteiger partial charge in [0.15, 0.2) is 0 Å². The van der Waals surface area contributed by atoms with Crippen molar-refractivity contribution in [2.75, 3.05) is 19.8 Å². The van der Waals surface area contributed by atoms with E-state index in [1.54, 1.807) is 0 Å². The Balaban J connectivity index is 1.74. The van der Waals surface area contributed by atoms with Crippen LogP contribution in [0.5, 0.6) is 5.75 Å². The van der Waals surface area contributed by atoms with Crippen molar-refractivity contribution in [3.05, 3.63) is 28.2 Å². The number of benzene rings is 1. The molecule has 1 aromatic rings. The lowest BCUT2D eigenvalue weighted by Crippen LogP contribution is -2.46. The molecule has 0 amide bonds. The Morgan fingerprint density at radius 2 is 2.29 bits per heavy atom. The fraction of sp³-hybridized carbons (Fsp3) is 0.625. The predicted molar refractivity (Wildman–Crippen MR) is 84.6 cm³/mol. The third kappa shape index (κ3) is 3.26. The van der Waals surface area contributed by atoms with E-state index in [4.69, 9.17) is 9.47 Å². The number of nitrogens with one attached hydrogen (secondary N) is 1. The molecule has 1 aromatic carbocycles. The molecule has 0 spiro atoms. The highest BCUT2D eigenvalue weighted by molar-refractivity contribution is 9.10. The second-order valence-electron chi connectivity index (χ2n) is 5.97. The Morgan fingerprint density at radius 3 is 3.05 bits per heavy atom. The monoisotopic (exact) mass is 355 g/mol. The van der Waals surface area contributed by atoms with Gasteiger partial charge >= 0.3 is 0 Å². The maximum Gasteiger partial charge on any atom is 0.125 e.